The second kappa shape index (κ2) is 4.93. The van der Waals surface area contributed by atoms with Gasteiger partial charge in [0.05, 0.1) is 6.10 Å². The van der Waals surface area contributed by atoms with Crippen LogP contribution in [0.4, 0.5) is 0 Å². The molecule has 1 N–H and O–H groups in total. The maximum Gasteiger partial charge on any atom is 0.255 e. The van der Waals surface area contributed by atoms with Gasteiger partial charge in [-0.2, -0.15) is 4.98 Å². The van der Waals surface area contributed by atoms with E-state index < -0.39 is 6.10 Å². The summed E-state index contributed by atoms with van der Waals surface area (Å²) >= 11 is 0. The van der Waals surface area contributed by atoms with Crippen molar-refractivity contribution in [2.45, 2.75) is 57.8 Å². The lowest BCUT2D eigenvalue weighted by Gasteiger charge is -2.05. The Balaban J connectivity index is 2.01. The first-order valence-corrected chi connectivity index (χ1v) is 5.87. The number of aliphatic hydroxyl groups is 1. The van der Waals surface area contributed by atoms with Crippen LogP contribution in [0.5, 0.6) is 0 Å². The Hall–Kier alpha value is -0.940. The minimum Gasteiger partial charge on any atom is -0.385 e. The van der Waals surface area contributed by atoms with Crippen molar-refractivity contribution in [2.75, 3.05) is 0 Å². The van der Waals surface area contributed by atoms with Crippen LogP contribution in [0.2, 0.25) is 0 Å². The highest BCUT2D eigenvalue weighted by Gasteiger charge is 2.29. The molecule has 0 spiro atoms. The highest BCUT2D eigenvalue weighted by atomic mass is 16.5. The molecule has 5 nitrogen and oxygen atoms in total. The Morgan fingerprint density at radius 2 is 2.31 bits per heavy atom. The van der Waals surface area contributed by atoms with Crippen LogP contribution in [0.25, 0.3) is 0 Å². The number of nitrogens with zero attached hydrogens (tertiary/aromatic N) is 2. The summed E-state index contributed by atoms with van der Waals surface area (Å²) in [7, 11) is 0. The van der Waals surface area contributed by atoms with Gasteiger partial charge in [-0.3, -0.25) is 0 Å². The molecule has 0 aromatic carbocycles. The van der Waals surface area contributed by atoms with E-state index in [9.17, 15) is 5.11 Å². The maximum atomic E-state index is 9.70. The number of hydrogen-bond donors (Lipinski definition) is 1. The fraction of sp³-hybridized carbons (Fsp3) is 0.818. The fourth-order valence-corrected chi connectivity index (χ4v) is 1.90. The van der Waals surface area contributed by atoms with Crippen LogP contribution >= 0.6 is 0 Å². The van der Waals surface area contributed by atoms with Crippen molar-refractivity contribution in [1.29, 1.82) is 0 Å². The van der Waals surface area contributed by atoms with Gasteiger partial charge >= 0.3 is 0 Å². The van der Waals surface area contributed by atoms with Crippen LogP contribution in [-0.4, -0.2) is 21.4 Å². The third-order valence-corrected chi connectivity index (χ3v) is 2.82. The number of ether oxygens (including phenoxy) is 1. The molecule has 3 atom stereocenters. The molecule has 0 radical (unpaired) electrons. The highest BCUT2D eigenvalue weighted by Crippen LogP contribution is 2.31. The van der Waals surface area contributed by atoms with Gasteiger partial charge in [-0.05, 0) is 26.2 Å². The molecule has 2 rings (SSSR count). The minimum atomic E-state index is -0.624. The summed E-state index contributed by atoms with van der Waals surface area (Å²) in [6.45, 7) is 4.04. The first-order chi connectivity index (χ1) is 7.70. The molecule has 1 aromatic heterocycles. The Labute approximate surface area is 94.8 Å². The third kappa shape index (κ3) is 2.41. The Morgan fingerprint density at radius 1 is 1.50 bits per heavy atom. The normalized spacial score (nSPS) is 27.2. The summed E-state index contributed by atoms with van der Waals surface area (Å²) in [6, 6.07) is 0. The van der Waals surface area contributed by atoms with Crippen LogP contribution in [-0.2, 0) is 4.74 Å². The van der Waals surface area contributed by atoms with Crippen molar-refractivity contribution in [1.82, 2.24) is 10.1 Å². The van der Waals surface area contributed by atoms with Gasteiger partial charge in [0, 0.05) is 0 Å². The second-order valence-electron chi connectivity index (χ2n) is 4.31. The molecule has 90 valence electrons. The van der Waals surface area contributed by atoms with Crippen molar-refractivity contribution in [2.24, 2.45) is 0 Å². The largest absolute Gasteiger partial charge is 0.385 e. The van der Waals surface area contributed by atoms with E-state index in [0.717, 1.165) is 19.3 Å². The summed E-state index contributed by atoms with van der Waals surface area (Å²) in [4.78, 5) is 4.19. The van der Waals surface area contributed by atoms with Crippen molar-refractivity contribution in [3.8, 4) is 0 Å². The van der Waals surface area contributed by atoms with E-state index in [0.29, 0.717) is 18.1 Å². The van der Waals surface area contributed by atoms with Crippen LogP contribution in [0.15, 0.2) is 4.52 Å². The molecular formula is C11H18N2O3. The summed E-state index contributed by atoms with van der Waals surface area (Å²) in [5.74, 6) is 0.870. The van der Waals surface area contributed by atoms with Crippen molar-refractivity contribution in [3.63, 3.8) is 0 Å². The van der Waals surface area contributed by atoms with E-state index in [1.807, 2.05) is 13.8 Å². The zero-order valence-corrected chi connectivity index (χ0v) is 9.72. The number of rotatable bonds is 4. The van der Waals surface area contributed by atoms with Crippen LogP contribution < -0.4 is 0 Å². The smallest absolute Gasteiger partial charge is 0.255 e. The zero-order chi connectivity index (χ0) is 11.5. The monoisotopic (exact) mass is 226 g/mol. The molecule has 1 aliphatic rings. The summed E-state index contributed by atoms with van der Waals surface area (Å²) < 4.78 is 10.7. The fourth-order valence-electron chi connectivity index (χ4n) is 1.90. The molecule has 1 aliphatic heterocycles. The van der Waals surface area contributed by atoms with E-state index >= 15 is 0 Å². The standard InChI is InChI=1S/C11H18N2O3/c1-3-4-8(14)10-12-11(16-13-10)9-6-5-7(2)15-9/h7-9,14H,3-6H2,1-2H3. The van der Waals surface area contributed by atoms with Crippen molar-refractivity contribution in [3.05, 3.63) is 11.7 Å². The van der Waals surface area contributed by atoms with Crippen LogP contribution in [0.3, 0.4) is 0 Å². The van der Waals surface area contributed by atoms with E-state index in [4.69, 9.17) is 9.26 Å². The molecule has 1 fully saturated rings. The van der Waals surface area contributed by atoms with E-state index in [1.54, 1.807) is 0 Å². The molecule has 2 heterocycles. The highest BCUT2D eigenvalue weighted by molar-refractivity contribution is 4.95. The number of hydrogen-bond acceptors (Lipinski definition) is 5. The molecule has 0 saturated carbocycles. The quantitative estimate of drug-likeness (QED) is 0.851. The second-order valence-corrected chi connectivity index (χ2v) is 4.31. The first-order valence-electron chi connectivity index (χ1n) is 5.87. The van der Waals surface area contributed by atoms with Gasteiger partial charge in [-0.25, -0.2) is 0 Å². The zero-order valence-electron chi connectivity index (χ0n) is 9.72. The Morgan fingerprint density at radius 3 is 2.94 bits per heavy atom. The summed E-state index contributed by atoms with van der Waals surface area (Å²) in [6.07, 6.45) is 3.00. The van der Waals surface area contributed by atoms with Crippen molar-refractivity contribution >= 4 is 0 Å². The topological polar surface area (TPSA) is 68.4 Å². The predicted octanol–water partition coefficient (Wildman–Crippen LogP) is 2.14. The molecule has 3 unspecified atom stereocenters. The van der Waals surface area contributed by atoms with Crippen LogP contribution in [0, 0.1) is 0 Å². The van der Waals surface area contributed by atoms with Gasteiger partial charge < -0.3 is 14.4 Å². The molecule has 1 saturated heterocycles. The first kappa shape index (κ1) is 11.5. The summed E-state index contributed by atoms with van der Waals surface area (Å²) in [5.41, 5.74) is 0. The number of aromatic nitrogens is 2. The molecule has 0 aliphatic carbocycles. The molecular weight excluding hydrogens is 208 g/mol. The molecule has 0 bridgehead atoms. The minimum absolute atomic E-state index is 0.0925. The van der Waals surface area contributed by atoms with Gasteiger partial charge in [0.15, 0.2) is 5.82 Å². The lowest BCUT2D eigenvalue weighted by molar-refractivity contribution is 0.0355. The molecule has 16 heavy (non-hydrogen) atoms. The SMILES string of the molecule is CCCC(O)c1noc(C2CCC(C)O2)n1. The van der Waals surface area contributed by atoms with Gasteiger partial charge in [-0.1, -0.05) is 18.5 Å². The van der Waals surface area contributed by atoms with Crippen LogP contribution in [0.1, 0.15) is 63.5 Å². The lowest BCUT2D eigenvalue weighted by Crippen LogP contribution is -2.03. The summed E-state index contributed by atoms with van der Waals surface area (Å²) in [5, 5.41) is 13.5. The van der Waals surface area contributed by atoms with E-state index in [1.165, 1.54) is 0 Å². The molecule has 5 heteroatoms. The maximum absolute atomic E-state index is 9.70. The Bertz CT molecular complexity index is 340. The third-order valence-electron chi connectivity index (χ3n) is 2.82. The van der Waals surface area contributed by atoms with Gasteiger partial charge in [0.2, 0.25) is 0 Å². The lowest BCUT2D eigenvalue weighted by atomic mass is 10.2. The van der Waals surface area contributed by atoms with Gasteiger partial charge in [0.25, 0.3) is 5.89 Å². The average Bonchev–Trinajstić information content (AvgIpc) is 2.85. The molecule has 1 aromatic rings. The molecule has 0 amide bonds. The average molecular weight is 226 g/mol. The number of aliphatic hydroxyl groups excluding tert-OH is 1. The van der Waals surface area contributed by atoms with E-state index in [2.05, 4.69) is 10.1 Å². The van der Waals surface area contributed by atoms with E-state index in [-0.39, 0.29) is 12.2 Å². The van der Waals surface area contributed by atoms with Crippen molar-refractivity contribution < 1.29 is 14.4 Å². The van der Waals surface area contributed by atoms with Gasteiger partial charge in [-0.15, -0.1) is 0 Å². The predicted molar refractivity (Wildman–Crippen MR) is 56.7 cm³/mol. The van der Waals surface area contributed by atoms with Gasteiger partial charge in [0.1, 0.15) is 12.2 Å². The Kier molecular flexibility index (Phi) is 3.56.